The minimum absolute atomic E-state index is 0.130. The number of nitrogens with zero attached hydrogens (tertiary/aromatic N) is 3. The molecule has 0 spiro atoms. The number of hydrogen-bond acceptors (Lipinski definition) is 3. The first kappa shape index (κ1) is 15.6. The molecule has 1 aromatic heterocycles. The van der Waals surface area contributed by atoms with Crippen LogP contribution in [0.5, 0.6) is 0 Å². The predicted molar refractivity (Wildman–Crippen MR) is 99.4 cm³/mol. The van der Waals surface area contributed by atoms with Gasteiger partial charge in [-0.2, -0.15) is 10.1 Å². The number of amides is 2. The van der Waals surface area contributed by atoms with Gasteiger partial charge in [-0.1, -0.05) is 30.4 Å². The van der Waals surface area contributed by atoms with Gasteiger partial charge in [-0.05, 0) is 37.7 Å². The van der Waals surface area contributed by atoms with E-state index in [1.165, 1.54) is 0 Å². The molecule has 0 radical (unpaired) electrons. The molecule has 2 bridgehead atoms. The second kappa shape index (κ2) is 5.66. The molecule has 1 aromatic carbocycles. The van der Waals surface area contributed by atoms with E-state index in [2.05, 4.69) is 34.8 Å². The molecule has 0 N–H and O–H groups in total. The molecule has 2 aromatic rings. The third-order valence-corrected chi connectivity index (χ3v) is 6.21. The Morgan fingerprint density at radius 3 is 2.35 bits per heavy atom. The highest BCUT2D eigenvalue weighted by Gasteiger charge is 2.56. The van der Waals surface area contributed by atoms with E-state index < -0.39 is 0 Å². The summed E-state index contributed by atoms with van der Waals surface area (Å²) in [6.45, 7) is 2.95. The lowest BCUT2D eigenvalue weighted by molar-refractivity contribution is -0.140. The van der Waals surface area contributed by atoms with E-state index in [1.807, 2.05) is 24.4 Å². The Morgan fingerprint density at radius 1 is 1.08 bits per heavy atom. The molecular formula is C21H21N3O2. The number of carbonyl (C=O) groups excluding carboxylic acids is 2. The van der Waals surface area contributed by atoms with Crippen molar-refractivity contribution in [1.29, 1.82) is 0 Å². The molecule has 6 rings (SSSR count). The number of aryl methyl sites for hydroxylation is 1. The molecule has 4 aliphatic rings. The Hall–Kier alpha value is -2.69. The van der Waals surface area contributed by atoms with Crippen LogP contribution in [0, 0.1) is 23.7 Å². The fraction of sp³-hybridized carbons (Fsp3) is 0.381. The van der Waals surface area contributed by atoms with Crippen molar-refractivity contribution >= 4 is 28.9 Å². The minimum Gasteiger partial charge on any atom is -0.347 e. The van der Waals surface area contributed by atoms with Crippen molar-refractivity contribution < 1.29 is 9.59 Å². The summed E-state index contributed by atoms with van der Waals surface area (Å²) >= 11 is 0. The maximum atomic E-state index is 12.8. The van der Waals surface area contributed by atoms with Crippen molar-refractivity contribution in [3.05, 3.63) is 48.2 Å². The van der Waals surface area contributed by atoms with E-state index in [9.17, 15) is 9.59 Å². The molecular weight excluding hydrogens is 326 g/mol. The van der Waals surface area contributed by atoms with E-state index in [-0.39, 0.29) is 35.5 Å². The van der Waals surface area contributed by atoms with Crippen LogP contribution in [0.4, 0.5) is 0 Å². The second-order valence-corrected chi connectivity index (χ2v) is 7.46. The number of carbonyl (C=O) groups is 2. The molecule has 2 fully saturated rings. The number of benzene rings is 1. The van der Waals surface area contributed by atoms with E-state index in [0.29, 0.717) is 0 Å². The molecule has 132 valence electrons. The summed E-state index contributed by atoms with van der Waals surface area (Å²) in [5, 5.41) is 6.55. The first-order valence-corrected chi connectivity index (χ1v) is 9.37. The van der Waals surface area contributed by atoms with Crippen molar-refractivity contribution in [3.8, 4) is 0 Å². The van der Waals surface area contributed by atoms with E-state index in [4.69, 9.17) is 0 Å². The molecule has 1 saturated carbocycles. The van der Waals surface area contributed by atoms with Crippen LogP contribution < -0.4 is 0 Å². The summed E-state index contributed by atoms with van der Waals surface area (Å²) in [5.41, 5.74) is 2.06. The van der Waals surface area contributed by atoms with Crippen LogP contribution in [-0.4, -0.2) is 27.6 Å². The number of fused-ring (bicyclic) bond motifs is 2. The average Bonchev–Trinajstić information content (AvgIpc) is 3.18. The predicted octanol–water partition coefficient (Wildman–Crippen LogP) is 3.19. The Morgan fingerprint density at radius 2 is 1.73 bits per heavy atom. The molecule has 3 aliphatic carbocycles. The highest BCUT2D eigenvalue weighted by atomic mass is 16.2. The zero-order valence-corrected chi connectivity index (χ0v) is 14.7. The summed E-state index contributed by atoms with van der Waals surface area (Å²) < 4.78 is 2.15. The smallest absolute Gasteiger partial charge is 0.254 e. The Kier molecular flexibility index (Phi) is 3.39. The zero-order chi connectivity index (χ0) is 17.8. The van der Waals surface area contributed by atoms with Gasteiger partial charge < -0.3 is 4.57 Å². The highest BCUT2D eigenvalue weighted by molar-refractivity contribution is 6.07. The van der Waals surface area contributed by atoms with Gasteiger partial charge in [0.05, 0.1) is 18.1 Å². The summed E-state index contributed by atoms with van der Waals surface area (Å²) in [4.78, 5) is 25.7. The maximum absolute atomic E-state index is 12.8. The molecule has 2 heterocycles. The van der Waals surface area contributed by atoms with E-state index in [0.717, 1.165) is 40.9 Å². The summed E-state index contributed by atoms with van der Waals surface area (Å²) in [6, 6.07) is 8.11. The lowest BCUT2D eigenvalue weighted by Crippen LogP contribution is -2.38. The van der Waals surface area contributed by atoms with Crippen molar-refractivity contribution in [2.24, 2.45) is 28.8 Å². The Labute approximate surface area is 152 Å². The lowest BCUT2D eigenvalue weighted by atomic mass is 9.63. The van der Waals surface area contributed by atoms with Crippen LogP contribution in [0.3, 0.4) is 0 Å². The van der Waals surface area contributed by atoms with Gasteiger partial charge in [0.2, 0.25) is 0 Å². The van der Waals surface area contributed by atoms with Crippen molar-refractivity contribution in [2.45, 2.75) is 26.3 Å². The van der Waals surface area contributed by atoms with Crippen LogP contribution in [-0.2, 0) is 16.1 Å². The van der Waals surface area contributed by atoms with Crippen molar-refractivity contribution in [1.82, 2.24) is 9.58 Å². The topological polar surface area (TPSA) is 54.7 Å². The number of rotatable bonds is 3. The van der Waals surface area contributed by atoms with Gasteiger partial charge in [-0.25, -0.2) is 0 Å². The van der Waals surface area contributed by atoms with Gasteiger partial charge in [0.15, 0.2) is 0 Å². The molecule has 1 saturated heterocycles. The first-order valence-electron chi connectivity index (χ1n) is 9.37. The van der Waals surface area contributed by atoms with Crippen molar-refractivity contribution in [2.75, 3.05) is 0 Å². The van der Waals surface area contributed by atoms with Crippen LogP contribution >= 0.6 is 0 Å². The van der Waals surface area contributed by atoms with E-state index in [1.54, 1.807) is 6.21 Å². The van der Waals surface area contributed by atoms with Gasteiger partial charge in [0.25, 0.3) is 11.8 Å². The Bertz CT molecular complexity index is 939. The fourth-order valence-electron chi connectivity index (χ4n) is 4.93. The molecule has 5 nitrogen and oxygen atoms in total. The number of hydrazone groups is 1. The van der Waals surface area contributed by atoms with Gasteiger partial charge in [-0.3, -0.25) is 9.59 Å². The Balaban J connectivity index is 1.49. The average molecular weight is 347 g/mol. The molecule has 4 atom stereocenters. The monoisotopic (exact) mass is 347 g/mol. The number of para-hydroxylation sites is 1. The third kappa shape index (κ3) is 2.06. The first-order chi connectivity index (χ1) is 12.7. The highest BCUT2D eigenvalue weighted by Crippen LogP contribution is 2.49. The molecule has 26 heavy (non-hydrogen) atoms. The molecule has 5 heteroatoms. The van der Waals surface area contributed by atoms with Crippen LogP contribution in [0.1, 0.15) is 25.3 Å². The van der Waals surface area contributed by atoms with E-state index >= 15 is 0 Å². The molecule has 4 unspecified atom stereocenters. The normalized spacial score (nSPS) is 30.1. The molecule has 2 amide bonds. The minimum atomic E-state index is -0.208. The van der Waals surface area contributed by atoms with Crippen LogP contribution in [0.25, 0.3) is 10.9 Å². The quantitative estimate of drug-likeness (QED) is 0.486. The number of aromatic nitrogens is 1. The SMILES string of the molecule is CCn1cc(/C=N/N2C(=O)C3C4C=CC(CC4)C3C2=O)c2ccccc21. The van der Waals surface area contributed by atoms with Gasteiger partial charge in [0.1, 0.15) is 0 Å². The standard InChI is InChI=1S/C21H21N3O2/c1-2-23-12-15(16-5-3-4-6-17(16)23)11-22-24-20(25)18-13-7-8-14(10-9-13)19(18)21(24)26/h3-8,11-14,18-19H,2,9-10H2,1H3/b22-11+. The third-order valence-electron chi connectivity index (χ3n) is 6.21. The second-order valence-electron chi connectivity index (χ2n) is 7.46. The maximum Gasteiger partial charge on any atom is 0.254 e. The zero-order valence-electron chi connectivity index (χ0n) is 14.7. The van der Waals surface area contributed by atoms with Crippen LogP contribution in [0.15, 0.2) is 47.7 Å². The lowest BCUT2D eigenvalue weighted by Gasteiger charge is -2.37. The van der Waals surface area contributed by atoms with Crippen molar-refractivity contribution in [3.63, 3.8) is 0 Å². The summed E-state index contributed by atoms with van der Waals surface area (Å²) in [7, 11) is 0. The number of allylic oxidation sites excluding steroid dienone is 2. The summed E-state index contributed by atoms with van der Waals surface area (Å²) in [6.07, 6.45) is 9.95. The summed E-state index contributed by atoms with van der Waals surface area (Å²) in [5.74, 6) is -0.280. The fourth-order valence-corrected chi connectivity index (χ4v) is 4.93. The van der Waals surface area contributed by atoms with Gasteiger partial charge >= 0.3 is 0 Å². The largest absolute Gasteiger partial charge is 0.347 e. The van der Waals surface area contributed by atoms with Gasteiger partial charge in [0, 0.05) is 29.2 Å². The van der Waals surface area contributed by atoms with Crippen LogP contribution in [0.2, 0.25) is 0 Å². The number of hydrogen-bond donors (Lipinski definition) is 0. The van der Waals surface area contributed by atoms with Gasteiger partial charge in [-0.15, -0.1) is 0 Å². The molecule has 1 aliphatic heterocycles. The number of imide groups is 1.